The lowest BCUT2D eigenvalue weighted by molar-refractivity contribution is 0.0469. The molecule has 1 aromatic carbocycles. The number of carbonyl (C=O) groups is 1. The Kier molecular flexibility index (Phi) is 5.11. The molecule has 2 N–H and O–H groups in total. The zero-order valence-electron chi connectivity index (χ0n) is 10.5. The zero-order valence-corrected chi connectivity index (χ0v) is 11.2. The summed E-state index contributed by atoms with van der Waals surface area (Å²) >= 11 is 5.70. The number of amides is 1. The van der Waals surface area contributed by atoms with Gasteiger partial charge in [0.2, 0.25) is 0 Å². The molecular formula is C13H17ClFNO2. The van der Waals surface area contributed by atoms with Crippen molar-refractivity contribution in [1.29, 1.82) is 0 Å². The first-order chi connectivity index (χ1) is 8.37. The van der Waals surface area contributed by atoms with Crippen LogP contribution in [-0.2, 0) is 0 Å². The van der Waals surface area contributed by atoms with E-state index in [1.165, 1.54) is 18.2 Å². The summed E-state index contributed by atoms with van der Waals surface area (Å²) in [5, 5.41) is 12.3. The van der Waals surface area contributed by atoms with Gasteiger partial charge in [0.1, 0.15) is 5.82 Å². The van der Waals surface area contributed by atoms with Gasteiger partial charge in [0.15, 0.2) is 0 Å². The highest BCUT2D eigenvalue weighted by Gasteiger charge is 2.21. The van der Waals surface area contributed by atoms with Gasteiger partial charge in [-0.1, -0.05) is 31.0 Å². The van der Waals surface area contributed by atoms with Crippen molar-refractivity contribution >= 4 is 17.5 Å². The third kappa shape index (κ3) is 3.96. The average Bonchev–Trinajstić information content (AvgIpc) is 2.30. The largest absolute Gasteiger partial charge is 0.388 e. The van der Waals surface area contributed by atoms with Crippen molar-refractivity contribution < 1.29 is 14.3 Å². The minimum Gasteiger partial charge on any atom is -0.388 e. The molecule has 1 amide bonds. The standard InChI is InChI=1S/C13H17ClFNO2/c1-3-7-13(2,18)8-16-12(17)9-5-4-6-10(15)11(9)14/h4-6,18H,3,7-8H2,1-2H3,(H,16,17). The van der Waals surface area contributed by atoms with Gasteiger partial charge >= 0.3 is 0 Å². The normalized spacial score (nSPS) is 14.1. The molecule has 3 nitrogen and oxygen atoms in total. The van der Waals surface area contributed by atoms with Gasteiger partial charge in [0, 0.05) is 6.54 Å². The fourth-order valence-electron chi connectivity index (χ4n) is 1.67. The van der Waals surface area contributed by atoms with Crippen LogP contribution in [0, 0.1) is 5.82 Å². The van der Waals surface area contributed by atoms with Crippen LogP contribution in [0.3, 0.4) is 0 Å². The quantitative estimate of drug-likeness (QED) is 0.867. The topological polar surface area (TPSA) is 49.3 Å². The molecular weight excluding hydrogens is 257 g/mol. The second-order valence-electron chi connectivity index (χ2n) is 4.53. The molecule has 0 saturated carbocycles. The Morgan fingerprint density at radius 3 is 2.83 bits per heavy atom. The molecule has 0 aliphatic carbocycles. The van der Waals surface area contributed by atoms with Crippen molar-refractivity contribution in [2.24, 2.45) is 0 Å². The molecule has 5 heteroatoms. The molecule has 0 heterocycles. The van der Waals surface area contributed by atoms with Crippen LogP contribution in [0.1, 0.15) is 37.0 Å². The number of carbonyl (C=O) groups excluding carboxylic acids is 1. The molecule has 1 rings (SSSR count). The smallest absolute Gasteiger partial charge is 0.253 e. The minimum absolute atomic E-state index is 0.0731. The number of hydrogen-bond donors (Lipinski definition) is 2. The maximum atomic E-state index is 13.2. The van der Waals surface area contributed by atoms with Gasteiger partial charge < -0.3 is 10.4 Å². The number of hydrogen-bond acceptors (Lipinski definition) is 2. The van der Waals surface area contributed by atoms with E-state index in [-0.39, 0.29) is 17.1 Å². The highest BCUT2D eigenvalue weighted by Crippen LogP contribution is 2.19. The molecule has 0 radical (unpaired) electrons. The van der Waals surface area contributed by atoms with Crippen molar-refractivity contribution in [3.63, 3.8) is 0 Å². The molecule has 100 valence electrons. The van der Waals surface area contributed by atoms with Crippen molar-refractivity contribution in [2.45, 2.75) is 32.3 Å². The van der Waals surface area contributed by atoms with E-state index >= 15 is 0 Å². The van der Waals surface area contributed by atoms with Gasteiger partial charge in [0.25, 0.3) is 5.91 Å². The van der Waals surface area contributed by atoms with Crippen LogP contribution in [0.15, 0.2) is 18.2 Å². The molecule has 0 fully saturated rings. The Hall–Kier alpha value is -1.13. The van der Waals surface area contributed by atoms with E-state index in [1.54, 1.807) is 6.92 Å². The Bertz CT molecular complexity index is 435. The number of aliphatic hydroxyl groups is 1. The third-order valence-electron chi connectivity index (χ3n) is 2.61. The maximum Gasteiger partial charge on any atom is 0.253 e. The monoisotopic (exact) mass is 273 g/mol. The lowest BCUT2D eigenvalue weighted by Crippen LogP contribution is -2.40. The molecule has 18 heavy (non-hydrogen) atoms. The fraction of sp³-hybridized carbons (Fsp3) is 0.462. The maximum absolute atomic E-state index is 13.2. The van der Waals surface area contributed by atoms with E-state index in [1.807, 2.05) is 6.92 Å². The van der Waals surface area contributed by atoms with Gasteiger partial charge in [-0.25, -0.2) is 4.39 Å². The van der Waals surface area contributed by atoms with Crippen LogP contribution in [0.2, 0.25) is 5.02 Å². The van der Waals surface area contributed by atoms with E-state index in [4.69, 9.17) is 11.6 Å². The second-order valence-corrected chi connectivity index (χ2v) is 4.91. The molecule has 1 aromatic rings. The van der Waals surface area contributed by atoms with Crippen molar-refractivity contribution in [3.05, 3.63) is 34.6 Å². The number of halogens is 2. The van der Waals surface area contributed by atoms with Gasteiger partial charge in [-0.2, -0.15) is 0 Å². The van der Waals surface area contributed by atoms with Crippen LogP contribution >= 0.6 is 11.6 Å². The fourth-order valence-corrected chi connectivity index (χ4v) is 1.88. The third-order valence-corrected chi connectivity index (χ3v) is 3.00. The minimum atomic E-state index is -0.968. The zero-order chi connectivity index (χ0) is 13.8. The van der Waals surface area contributed by atoms with Gasteiger partial charge in [-0.15, -0.1) is 0 Å². The molecule has 0 spiro atoms. The molecule has 0 saturated heterocycles. The van der Waals surface area contributed by atoms with E-state index in [2.05, 4.69) is 5.32 Å². The summed E-state index contributed by atoms with van der Waals surface area (Å²) in [5.41, 5.74) is -0.895. The second kappa shape index (κ2) is 6.16. The van der Waals surface area contributed by atoms with Crippen LogP contribution in [0.25, 0.3) is 0 Å². The number of benzene rings is 1. The Balaban J connectivity index is 2.69. The van der Waals surface area contributed by atoms with Crippen LogP contribution in [-0.4, -0.2) is 23.2 Å². The lowest BCUT2D eigenvalue weighted by atomic mass is 10.0. The summed E-state index contributed by atoms with van der Waals surface area (Å²) < 4.78 is 13.2. The number of rotatable bonds is 5. The van der Waals surface area contributed by atoms with Crippen molar-refractivity contribution in [2.75, 3.05) is 6.54 Å². The number of nitrogens with one attached hydrogen (secondary N) is 1. The summed E-state index contributed by atoms with van der Waals surface area (Å²) in [4.78, 5) is 11.8. The SMILES string of the molecule is CCCC(C)(O)CNC(=O)c1cccc(F)c1Cl. The highest BCUT2D eigenvalue weighted by atomic mass is 35.5. The Labute approximate surface area is 111 Å². The van der Waals surface area contributed by atoms with E-state index in [0.717, 1.165) is 6.42 Å². The average molecular weight is 274 g/mol. The summed E-state index contributed by atoms with van der Waals surface area (Å²) in [7, 11) is 0. The predicted octanol–water partition coefficient (Wildman–Crippen LogP) is 2.76. The van der Waals surface area contributed by atoms with E-state index < -0.39 is 17.3 Å². The summed E-state index contributed by atoms with van der Waals surface area (Å²) in [6.45, 7) is 3.69. The molecule has 0 bridgehead atoms. The van der Waals surface area contributed by atoms with Crippen LogP contribution in [0.4, 0.5) is 4.39 Å². The first-order valence-corrected chi connectivity index (χ1v) is 6.20. The molecule has 1 unspecified atom stereocenters. The van der Waals surface area contributed by atoms with Crippen molar-refractivity contribution in [1.82, 2.24) is 5.32 Å². The van der Waals surface area contributed by atoms with Crippen LogP contribution < -0.4 is 5.32 Å². The van der Waals surface area contributed by atoms with Gasteiger partial charge in [-0.3, -0.25) is 4.79 Å². The lowest BCUT2D eigenvalue weighted by Gasteiger charge is -2.23. The molecule has 0 aromatic heterocycles. The van der Waals surface area contributed by atoms with E-state index in [9.17, 15) is 14.3 Å². The Morgan fingerprint density at radius 1 is 1.56 bits per heavy atom. The van der Waals surface area contributed by atoms with Gasteiger partial charge in [0.05, 0.1) is 16.2 Å². The predicted molar refractivity (Wildman–Crippen MR) is 69.3 cm³/mol. The van der Waals surface area contributed by atoms with Crippen molar-refractivity contribution in [3.8, 4) is 0 Å². The first kappa shape index (κ1) is 14.9. The highest BCUT2D eigenvalue weighted by molar-refractivity contribution is 6.34. The van der Waals surface area contributed by atoms with E-state index in [0.29, 0.717) is 6.42 Å². The van der Waals surface area contributed by atoms with Crippen LogP contribution in [0.5, 0.6) is 0 Å². The van der Waals surface area contributed by atoms with Gasteiger partial charge in [-0.05, 0) is 25.5 Å². The summed E-state index contributed by atoms with van der Waals surface area (Å²) in [5.74, 6) is -1.12. The Morgan fingerprint density at radius 2 is 2.22 bits per heavy atom. The molecule has 0 aliphatic rings. The summed E-state index contributed by atoms with van der Waals surface area (Å²) in [6, 6.07) is 4.04. The molecule has 0 aliphatic heterocycles. The first-order valence-electron chi connectivity index (χ1n) is 5.82. The summed E-state index contributed by atoms with van der Waals surface area (Å²) in [6.07, 6.45) is 1.38. The molecule has 1 atom stereocenters.